The number of carbonyl (C=O) groups excluding carboxylic acids is 2. The Kier molecular flexibility index (Phi) is 50.5. The summed E-state index contributed by atoms with van der Waals surface area (Å²) in [5.74, 6) is -0.594. The lowest BCUT2D eigenvalue weighted by molar-refractivity contribution is -0.161. The van der Waals surface area contributed by atoms with E-state index in [2.05, 4.69) is 111 Å². The van der Waals surface area contributed by atoms with Gasteiger partial charge in [-0.2, -0.15) is 0 Å². The topological polar surface area (TPSA) is 72.8 Å². The van der Waals surface area contributed by atoms with Crippen molar-refractivity contribution in [2.45, 2.75) is 245 Å². The Balaban J connectivity index is 3.56. The molecule has 0 spiro atoms. The number of unbranched alkanes of at least 4 members (excludes halogenated alkanes) is 23. The molecule has 0 fully saturated rings. The molecule has 1 unspecified atom stereocenters. The Bertz CT molecular complexity index is 1220. The smallest absolute Gasteiger partial charge is 0.306 e. The molecule has 0 aliphatic heterocycles. The number of aliphatic hydroxyl groups is 1. The van der Waals surface area contributed by atoms with Crippen molar-refractivity contribution in [3.05, 3.63) is 97.2 Å². The Morgan fingerprint density at radius 1 is 0.381 bits per heavy atom. The normalized spacial score (nSPS) is 13.0. The van der Waals surface area contributed by atoms with Gasteiger partial charge >= 0.3 is 11.9 Å². The van der Waals surface area contributed by atoms with Gasteiger partial charge in [-0.1, -0.05) is 246 Å². The number of aliphatic hydroxyl groups excluding tert-OH is 1. The maximum Gasteiger partial charge on any atom is 0.306 e. The number of allylic oxidation sites excluding steroid dienone is 16. The van der Waals surface area contributed by atoms with Crippen LogP contribution in [0.3, 0.4) is 0 Å². The van der Waals surface area contributed by atoms with Gasteiger partial charge in [0, 0.05) is 12.8 Å². The van der Waals surface area contributed by atoms with Crippen LogP contribution in [0.25, 0.3) is 0 Å². The third kappa shape index (κ3) is 51.3. The maximum atomic E-state index is 12.3. The van der Waals surface area contributed by atoms with Crippen LogP contribution in [0.4, 0.5) is 0 Å². The number of carbonyl (C=O) groups is 2. The van der Waals surface area contributed by atoms with Gasteiger partial charge in [-0.25, -0.2) is 0 Å². The van der Waals surface area contributed by atoms with E-state index in [0.29, 0.717) is 12.8 Å². The van der Waals surface area contributed by atoms with Crippen molar-refractivity contribution in [1.82, 2.24) is 0 Å². The first-order valence-corrected chi connectivity index (χ1v) is 26.3. The minimum Gasteiger partial charge on any atom is -0.462 e. The summed E-state index contributed by atoms with van der Waals surface area (Å²) in [6, 6.07) is 0. The highest BCUT2D eigenvalue weighted by Crippen LogP contribution is 2.15. The van der Waals surface area contributed by atoms with Gasteiger partial charge in [0.05, 0.1) is 6.61 Å². The Hall–Kier alpha value is -3.18. The van der Waals surface area contributed by atoms with Crippen LogP contribution >= 0.6 is 0 Å². The summed E-state index contributed by atoms with van der Waals surface area (Å²) in [5.41, 5.74) is 0. The summed E-state index contributed by atoms with van der Waals surface area (Å²) >= 11 is 0. The van der Waals surface area contributed by atoms with Gasteiger partial charge in [-0.3, -0.25) is 9.59 Å². The summed E-state index contributed by atoms with van der Waals surface area (Å²) in [5, 5.41) is 9.61. The van der Waals surface area contributed by atoms with Gasteiger partial charge in [0.1, 0.15) is 6.61 Å². The molecule has 0 bridgehead atoms. The predicted molar refractivity (Wildman–Crippen MR) is 274 cm³/mol. The lowest BCUT2D eigenvalue weighted by Crippen LogP contribution is -2.28. The number of hydrogen-bond acceptors (Lipinski definition) is 5. The molecule has 0 radical (unpaired) electrons. The third-order valence-corrected chi connectivity index (χ3v) is 11.1. The first kappa shape index (κ1) is 59.8. The SMILES string of the molecule is CC/C=C\C/C=C\C/C=C\C/C=C\C/C=C\C/C=C\C/C=C\C/C=C\CCCCCCCCCCCCC(=O)OC(CO)COC(=O)CCCCCCCCCCCCCCCC. The molecule has 0 aliphatic carbocycles. The van der Waals surface area contributed by atoms with E-state index in [1.165, 1.54) is 122 Å². The highest BCUT2D eigenvalue weighted by Gasteiger charge is 2.16. The van der Waals surface area contributed by atoms with E-state index in [1.807, 2.05) is 0 Å². The summed E-state index contributed by atoms with van der Waals surface area (Å²) < 4.78 is 10.7. The van der Waals surface area contributed by atoms with E-state index in [4.69, 9.17) is 9.47 Å². The molecule has 0 rings (SSSR count). The Morgan fingerprint density at radius 3 is 1.03 bits per heavy atom. The zero-order valence-corrected chi connectivity index (χ0v) is 41.1. The van der Waals surface area contributed by atoms with E-state index in [-0.39, 0.29) is 25.2 Å². The second-order valence-electron chi connectivity index (χ2n) is 17.2. The van der Waals surface area contributed by atoms with Crippen LogP contribution in [-0.2, 0) is 19.1 Å². The van der Waals surface area contributed by atoms with Crippen LogP contribution in [0.5, 0.6) is 0 Å². The van der Waals surface area contributed by atoms with Crippen molar-refractivity contribution in [2.75, 3.05) is 13.2 Å². The van der Waals surface area contributed by atoms with Crippen LogP contribution in [0.1, 0.15) is 239 Å². The molecule has 0 saturated heterocycles. The van der Waals surface area contributed by atoms with Crippen molar-refractivity contribution in [3.63, 3.8) is 0 Å². The second kappa shape index (κ2) is 53.2. The zero-order chi connectivity index (χ0) is 45.6. The predicted octanol–water partition coefficient (Wildman–Crippen LogP) is 17.6. The molecule has 0 aliphatic rings. The first-order valence-electron chi connectivity index (χ1n) is 26.3. The molecule has 0 saturated carbocycles. The second-order valence-corrected chi connectivity index (χ2v) is 17.2. The minimum atomic E-state index is -0.777. The monoisotopic (exact) mass is 875 g/mol. The van der Waals surface area contributed by atoms with Crippen LogP contribution < -0.4 is 0 Å². The summed E-state index contributed by atoms with van der Waals surface area (Å²) in [7, 11) is 0. The molecule has 0 heterocycles. The van der Waals surface area contributed by atoms with Crippen molar-refractivity contribution < 1.29 is 24.2 Å². The molecule has 0 amide bonds. The number of rotatable bonds is 47. The van der Waals surface area contributed by atoms with Crippen LogP contribution in [0.15, 0.2) is 97.2 Å². The zero-order valence-electron chi connectivity index (χ0n) is 41.1. The van der Waals surface area contributed by atoms with Gasteiger partial charge in [0.25, 0.3) is 0 Å². The molecule has 0 aromatic rings. The van der Waals surface area contributed by atoms with Crippen molar-refractivity contribution in [1.29, 1.82) is 0 Å². The molecular weight excluding hydrogens is 777 g/mol. The van der Waals surface area contributed by atoms with Crippen LogP contribution in [0.2, 0.25) is 0 Å². The van der Waals surface area contributed by atoms with Gasteiger partial charge < -0.3 is 14.6 Å². The molecule has 1 N–H and O–H groups in total. The number of hydrogen-bond donors (Lipinski definition) is 1. The van der Waals surface area contributed by atoms with Crippen LogP contribution in [-0.4, -0.2) is 36.4 Å². The average Bonchev–Trinajstić information content (AvgIpc) is 3.29. The van der Waals surface area contributed by atoms with E-state index < -0.39 is 6.10 Å². The molecular formula is C58H98O5. The largest absolute Gasteiger partial charge is 0.462 e. The lowest BCUT2D eigenvalue weighted by atomic mass is 10.0. The Labute approximate surface area is 389 Å². The highest BCUT2D eigenvalue weighted by atomic mass is 16.6. The summed E-state index contributed by atoms with van der Waals surface area (Å²) in [6.07, 6.45) is 75.0. The van der Waals surface area contributed by atoms with Crippen molar-refractivity contribution in [2.24, 2.45) is 0 Å². The molecule has 0 aromatic heterocycles. The van der Waals surface area contributed by atoms with Gasteiger partial charge in [0.2, 0.25) is 0 Å². The van der Waals surface area contributed by atoms with E-state index in [1.54, 1.807) is 0 Å². The fraction of sp³-hybridized carbons (Fsp3) is 0.690. The van der Waals surface area contributed by atoms with Crippen molar-refractivity contribution in [3.8, 4) is 0 Å². The molecule has 5 nitrogen and oxygen atoms in total. The average molecular weight is 875 g/mol. The third-order valence-electron chi connectivity index (χ3n) is 11.1. The highest BCUT2D eigenvalue weighted by molar-refractivity contribution is 5.70. The van der Waals surface area contributed by atoms with Gasteiger partial charge in [-0.05, 0) is 77.0 Å². The van der Waals surface area contributed by atoms with Crippen molar-refractivity contribution >= 4 is 11.9 Å². The standard InChI is InChI=1S/C58H98O5/c1-3-5-7-9-11-13-15-17-19-20-21-22-23-24-25-26-27-28-29-30-31-32-33-34-35-36-37-38-39-41-43-45-47-49-51-53-58(61)63-56(54-59)55-62-57(60)52-50-48-46-44-42-40-18-16-14-12-10-8-6-4-2/h5,7,11,13,17,19,21-22,24-25,27-28,30-31,33-34,56,59H,3-4,6,8-10,12,14-16,18,20,23,26,29,32,35-55H2,1-2H3/b7-5-,13-11-,19-17-,22-21-,25-24-,28-27-,31-30-,34-33-. The summed E-state index contributed by atoms with van der Waals surface area (Å²) in [4.78, 5) is 24.4. The first-order chi connectivity index (χ1) is 31.1. The maximum absolute atomic E-state index is 12.3. The number of ether oxygens (including phenoxy) is 2. The fourth-order valence-corrected chi connectivity index (χ4v) is 7.22. The van der Waals surface area contributed by atoms with Gasteiger partial charge in [-0.15, -0.1) is 0 Å². The van der Waals surface area contributed by atoms with E-state index in [0.717, 1.165) is 89.9 Å². The molecule has 1 atom stereocenters. The quantitative estimate of drug-likeness (QED) is 0.0375. The fourth-order valence-electron chi connectivity index (χ4n) is 7.22. The minimum absolute atomic E-state index is 0.0686. The molecule has 63 heavy (non-hydrogen) atoms. The molecule has 5 heteroatoms. The van der Waals surface area contributed by atoms with E-state index >= 15 is 0 Å². The summed E-state index contributed by atoms with van der Waals surface area (Å²) in [6.45, 7) is 4.03. The molecule has 0 aromatic carbocycles. The molecule has 360 valence electrons. The number of esters is 2. The lowest BCUT2D eigenvalue weighted by Gasteiger charge is -2.15. The van der Waals surface area contributed by atoms with Gasteiger partial charge in [0.15, 0.2) is 6.10 Å². The van der Waals surface area contributed by atoms with Crippen LogP contribution in [0, 0.1) is 0 Å². The van der Waals surface area contributed by atoms with E-state index in [9.17, 15) is 14.7 Å². The Morgan fingerprint density at radius 2 is 0.683 bits per heavy atom.